The molecule has 1 rings (SSSR count). The number of rotatable bonds is 27. The lowest BCUT2D eigenvalue weighted by molar-refractivity contribution is 0.0975. The molecule has 0 atom stereocenters. The highest BCUT2D eigenvalue weighted by Gasteiger charge is 2.19. The first kappa shape index (κ1) is 34.8. The summed E-state index contributed by atoms with van der Waals surface area (Å²) in [6.07, 6.45) is 32.4. The van der Waals surface area contributed by atoms with Gasteiger partial charge in [0.15, 0.2) is 5.78 Å². The van der Waals surface area contributed by atoms with E-state index in [1.54, 1.807) is 6.07 Å². The Morgan fingerprint density at radius 2 is 0.868 bits per heavy atom. The standard InChI is InChI=1S/C33H58O4S/c1-2-3-4-5-6-7-8-9-10-11-12-13-14-15-16-17-18-19-20-21-22-23-24-25-29-32(34)31-28-26-27-30-33(31)38(35,36)37/h26-28,30H,2-25,29H2,1H3,(H,35,36,37). The Hall–Kier alpha value is -1.20. The van der Waals surface area contributed by atoms with E-state index in [1.807, 2.05) is 0 Å². The van der Waals surface area contributed by atoms with Crippen LogP contribution >= 0.6 is 0 Å². The third kappa shape index (κ3) is 19.0. The zero-order chi connectivity index (χ0) is 27.7. The topological polar surface area (TPSA) is 71.4 Å². The third-order valence-electron chi connectivity index (χ3n) is 7.72. The van der Waals surface area contributed by atoms with Crippen LogP contribution in [-0.4, -0.2) is 18.8 Å². The van der Waals surface area contributed by atoms with Gasteiger partial charge in [0.2, 0.25) is 0 Å². The van der Waals surface area contributed by atoms with Gasteiger partial charge >= 0.3 is 0 Å². The van der Waals surface area contributed by atoms with Crippen LogP contribution in [0.3, 0.4) is 0 Å². The van der Waals surface area contributed by atoms with Crippen LogP contribution in [0.5, 0.6) is 0 Å². The number of Topliss-reactive ketones (excluding diaryl/α,β-unsaturated/α-hetero) is 1. The summed E-state index contributed by atoms with van der Waals surface area (Å²) in [6.45, 7) is 2.29. The average Bonchev–Trinajstić information content (AvgIpc) is 2.90. The molecule has 0 aliphatic heterocycles. The molecule has 0 saturated carbocycles. The summed E-state index contributed by atoms with van der Waals surface area (Å²) in [5.41, 5.74) is 0.101. The molecule has 0 amide bonds. The monoisotopic (exact) mass is 550 g/mol. The van der Waals surface area contributed by atoms with Crippen LogP contribution in [0, 0.1) is 0 Å². The number of hydrogen-bond acceptors (Lipinski definition) is 3. The van der Waals surface area contributed by atoms with E-state index >= 15 is 0 Å². The normalized spacial score (nSPS) is 11.7. The summed E-state index contributed by atoms with van der Waals surface area (Å²) in [7, 11) is -4.37. The fourth-order valence-electron chi connectivity index (χ4n) is 5.30. The van der Waals surface area contributed by atoms with Crippen molar-refractivity contribution in [3.05, 3.63) is 29.8 Å². The Morgan fingerprint density at radius 1 is 0.553 bits per heavy atom. The molecule has 1 aromatic rings. The second-order valence-corrected chi connectivity index (χ2v) is 12.7. The van der Waals surface area contributed by atoms with Crippen LogP contribution < -0.4 is 0 Å². The molecular formula is C33H58O4S. The minimum absolute atomic E-state index is 0.101. The van der Waals surface area contributed by atoms with Crippen molar-refractivity contribution in [1.82, 2.24) is 0 Å². The van der Waals surface area contributed by atoms with Crippen molar-refractivity contribution in [2.24, 2.45) is 0 Å². The first-order valence-corrected chi connectivity index (χ1v) is 17.5. The highest BCUT2D eigenvalue weighted by atomic mass is 32.2. The van der Waals surface area contributed by atoms with Gasteiger partial charge in [0.25, 0.3) is 10.1 Å². The fraction of sp³-hybridized carbons (Fsp3) is 0.788. The molecule has 0 spiro atoms. The first-order valence-electron chi connectivity index (χ1n) is 16.1. The Morgan fingerprint density at radius 3 is 1.21 bits per heavy atom. The zero-order valence-corrected chi connectivity index (χ0v) is 25.4. The second kappa shape index (κ2) is 23.7. The van der Waals surface area contributed by atoms with Gasteiger partial charge in [-0.05, 0) is 12.5 Å². The van der Waals surface area contributed by atoms with E-state index in [-0.39, 0.29) is 16.2 Å². The predicted molar refractivity (Wildman–Crippen MR) is 162 cm³/mol. The van der Waals surface area contributed by atoms with Gasteiger partial charge < -0.3 is 0 Å². The van der Waals surface area contributed by atoms with Crippen LogP contribution in [-0.2, 0) is 10.1 Å². The predicted octanol–water partition coefficient (Wildman–Crippen LogP) is 10.9. The van der Waals surface area contributed by atoms with Gasteiger partial charge in [-0.3, -0.25) is 9.35 Å². The number of unbranched alkanes of at least 4 members (excludes halogenated alkanes) is 23. The number of benzene rings is 1. The molecule has 0 saturated heterocycles. The smallest absolute Gasteiger partial charge is 0.294 e. The summed E-state index contributed by atoms with van der Waals surface area (Å²) in [4.78, 5) is 12.1. The van der Waals surface area contributed by atoms with Crippen molar-refractivity contribution >= 4 is 15.9 Å². The Balaban J connectivity index is 1.81. The van der Waals surface area contributed by atoms with E-state index in [1.165, 1.54) is 153 Å². The second-order valence-electron chi connectivity index (χ2n) is 11.3. The summed E-state index contributed by atoms with van der Waals surface area (Å²) in [5, 5.41) is 0. The van der Waals surface area contributed by atoms with Gasteiger partial charge in [-0.15, -0.1) is 0 Å². The number of ketones is 1. The van der Waals surface area contributed by atoms with Crippen LogP contribution in [0.4, 0.5) is 0 Å². The Bertz CT molecular complexity index is 803. The molecule has 1 N–H and O–H groups in total. The summed E-state index contributed by atoms with van der Waals surface area (Å²) in [5.74, 6) is -0.211. The number of hydrogen-bond donors (Lipinski definition) is 1. The Labute approximate surface area is 235 Å². The lowest BCUT2D eigenvalue weighted by Gasteiger charge is -2.06. The van der Waals surface area contributed by atoms with E-state index in [4.69, 9.17) is 0 Å². The molecule has 0 aromatic heterocycles. The maximum Gasteiger partial charge on any atom is 0.295 e. The van der Waals surface area contributed by atoms with E-state index in [0.29, 0.717) is 6.42 Å². The van der Waals surface area contributed by atoms with E-state index in [2.05, 4.69) is 6.92 Å². The molecule has 1 aromatic carbocycles. The summed E-state index contributed by atoms with van der Waals surface area (Å²) < 4.78 is 32.2. The van der Waals surface area contributed by atoms with E-state index in [9.17, 15) is 17.8 Å². The van der Waals surface area contributed by atoms with Crippen LogP contribution in [0.1, 0.15) is 178 Å². The molecule has 220 valence electrons. The molecule has 38 heavy (non-hydrogen) atoms. The molecule has 0 radical (unpaired) electrons. The van der Waals surface area contributed by atoms with Crippen molar-refractivity contribution in [3.8, 4) is 0 Å². The number of carbonyl (C=O) groups excluding carboxylic acids is 1. The molecular weight excluding hydrogens is 492 g/mol. The lowest BCUT2D eigenvalue weighted by Crippen LogP contribution is -2.08. The molecule has 0 aliphatic carbocycles. The molecule has 0 bridgehead atoms. The summed E-state index contributed by atoms with van der Waals surface area (Å²) >= 11 is 0. The quantitative estimate of drug-likeness (QED) is 0.0671. The minimum Gasteiger partial charge on any atom is -0.294 e. The van der Waals surface area contributed by atoms with Gasteiger partial charge in [0, 0.05) is 12.0 Å². The first-order chi connectivity index (χ1) is 18.5. The van der Waals surface area contributed by atoms with Crippen LogP contribution in [0.2, 0.25) is 0 Å². The molecule has 5 heteroatoms. The average molecular weight is 551 g/mol. The SMILES string of the molecule is CCCCCCCCCCCCCCCCCCCCCCCCCCC(=O)c1ccccc1S(=O)(=O)O. The van der Waals surface area contributed by atoms with Gasteiger partial charge in [0.05, 0.1) is 0 Å². The maximum absolute atomic E-state index is 12.4. The maximum atomic E-state index is 12.4. The lowest BCUT2D eigenvalue weighted by atomic mass is 10.0. The van der Waals surface area contributed by atoms with Gasteiger partial charge in [-0.1, -0.05) is 173 Å². The van der Waals surface area contributed by atoms with Crippen LogP contribution in [0.25, 0.3) is 0 Å². The van der Waals surface area contributed by atoms with E-state index in [0.717, 1.165) is 19.3 Å². The van der Waals surface area contributed by atoms with Gasteiger partial charge in [0.1, 0.15) is 4.90 Å². The number of carbonyl (C=O) groups is 1. The molecule has 0 unspecified atom stereocenters. The summed E-state index contributed by atoms with van der Waals surface area (Å²) in [6, 6.07) is 5.90. The molecule has 0 aliphatic rings. The molecule has 0 fully saturated rings. The van der Waals surface area contributed by atoms with Crippen LogP contribution in [0.15, 0.2) is 29.2 Å². The van der Waals surface area contributed by atoms with Gasteiger partial charge in [-0.25, -0.2) is 0 Å². The largest absolute Gasteiger partial charge is 0.295 e. The molecule has 0 heterocycles. The fourth-order valence-corrected chi connectivity index (χ4v) is 6.01. The third-order valence-corrected chi connectivity index (χ3v) is 8.63. The highest BCUT2D eigenvalue weighted by Crippen LogP contribution is 2.19. The Kier molecular flexibility index (Phi) is 21.7. The minimum atomic E-state index is -4.37. The van der Waals surface area contributed by atoms with Crippen molar-refractivity contribution in [2.75, 3.05) is 0 Å². The highest BCUT2D eigenvalue weighted by molar-refractivity contribution is 7.86. The van der Waals surface area contributed by atoms with Gasteiger partial charge in [-0.2, -0.15) is 8.42 Å². The van der Waals surface area contributed by atoms with Crippen molar-refractivity contribution in [1.29, 1.82) is 0 Å². The van der Waals surface area contributed by atoms with Crippen molar-refractivity contribution in [2.45, 2.75) is 172 Å². The van der Waals surface area contributed by atoms with E-state index < -0.39 is 10.1 Å². The van der Waals surface area contributed by atoms with Crippen molar-refractivity contribution < 1.29 is 17.8 Å². The zero-order valence-electron chi connectivity index (χ0n) is 24.6. The molecule has 4 nitrogen and oxygen atoms in total. The van der Waals surface area contributed by atoms with Crippen molar-refractivity contribution in [3.63, 3.8) is 0 Å².